The van der Waals surface area contributed by atoms with Gasteiger partial charge in [-0.2, -0.15) is 4.37 Å². The number of carbonyl (C=O) groups excluding carboxylic acids is 2. The first kappa shape index (κ1) is 16.6. The molecule has 24 heavy (non-hydrogen) atoms. The van der Waals surface area contributed by atoms with Crippen molar-refractivity contribution in [3.8, 4) is 11.4 Å². The summed E-state index contributed by atoms with van der Waals surface area (Å²) in [5.41, 5.74) is 1.67. The molecule has 6 nitrogen and oxygen atoms in total. The molecule has 0 aromatic carbocycles. The molecule has 2 aromatic rings. The molecule has 7 heteroatoms. The van der Waals surface area contributed by atoms with Crippen molar-refractivity contribution in [2.75, 3.05) is 11.9 Å². The highest BCUT2D eigenvalue weighted by Crippen LogP contribution is 2.35. The highest BCUT2D eigenvalue weighted by molar-refractivity contribution is 7.09. The Morgan fingerprint density at radius 1 is 1.33 bits per heavy atom. The molecule has 3 rings (SSSR count). The van der Waals surface area contributed by atoms with Crippen LogP contribution in [0.15, 0.2) is 24.4 Å². The number of unbranched alkanes of at least 4 members (excludes halogenated alkanes) is 1. The summed E-state index contributed by atoms with van der Waals surface area (Å²) in [6, 6.07) is 5.49. The smallest absolute Gasteiger partial charge is 0.265 e. The summed E-state index contributed by atoms with van der Waals surface area (Å²) in [5.74, 6) is -0.193. The van der Waals surface area contributed by atoms with Crippen molar-refractivity contribution in [1.29, 1.82) is 0 Å². The molecule has 126 valence electrons. The van der Waals surface area contributed by atoms with E-state index < -0.39 is 0 Å². The van der Waals surface area contributed by atoms with Crippen molar-refractivity contribution in [1.82, 2.24) is 14.7 Å². The number of nitrogens with zero attached hydrogens (tertiary/aromatic N) is 2. The predicted molar refractivity (Wildman–Crippen MR) is 93.9 cm³/mol. The number of hydrogen-bond acceptors (Lipinski definition) is 5. The third kappa shape index (κ3) is 3.79. The average Bonchev–Trinajstić information content (AvgIpc) is 3.37. The van der Waals surface area contributed by atoms with Crippen LogP contribution in [0.4, 0.5) is 5.69 Å². The summed E-state index contributed by atoms with van der Waals surface area (Å²) in [6.07, 6.45) is 5.40. The van der Waals surface area contributed by atoms with Crippen molar-refractivity contribution in [2.24, 2.45) is 5.92 Å². The predicted octanol–water partition coefficient (Wildman–Crippen LogP) is 3.08. The van der Waals surface area contributed by atoms with E-state index in [1.807, 2.05) is 18.2 Å². The van der Waals surface area contributed by atoms with Gasteiger partial charge in [0.2, 0.25) is 5.91 Å². The molecule has 0 unspecified atom stereocenters. The van der Waals surface area contributed by atoms with Crippen LogP contribution in [-0.4, -0.2) is 27.7 Å². The average molecular weight is 344 g/mol. The van der Waals surface area contributed by atoms with E-state index in [2.05, 4.69) is 26.9 Å². The number of carbonyl (C=O) groups is 2. The lowest BCUT2D eigenvalue weighted by Gasteiger charge is -2.08. The first-order valence-corrected chi connectivity index (χ1v) is 8.98. The second-order valence-electron chi connectivity index (χ2n) is 5.82. The van der Waals surface area contributed by atoms with E-state index >= 15 is 0 Å². The minimum absolute atomic E-state index is 0.0463. The van der Waals surface area contributed by atoms with Crippen LogP contribution in [-0.2, 0) is 4.79 Å². The van der Waals surface area contributed by atoms with Crippen LogP contribution >= 0.6 is 11.5 Å². The number of pyridine rings is 1. The van der Waals surface area contributed by atoms with Crippen LogP contribution in [0.1, 0.15) is 42.3 Å². The molecule has 2 N–H and O–H groups in total. The molecule has 2 heterocycles. The number of amides is 2. The van der Waals surface area contributed by atoms with Gasteiger partial charge >= 0.3 is 0 Å². The van der Waals surface area contributed by atoms with Gasteiger partial charge in [0.25, 0.3) is 5.91 Å². The van der Waals surface area contributed by atoms with Gasteiger partial charge in [-0.25, -0.2) is 0 Å². The van der Waals surface area contributed by atoms with Crippen molar-refractivity contribution >= 4 is 29.0 Å². The molecule has 0 bridgehead atoms. The van der Waals surface area contributed by atoms with Crippen LogP contribution in [0.2, 0.25) is 0 Å². The third-order valence-electron chi connectivity index (χ3n) is 3.82. The van der Waals surface area contributed by atoms with E-state index in [1.54, 1.807) is 6.20 Å². The molecule has 1 aliphatic rings. The third-order valence-corrected chi connectivity index (χ3v) is 4.66. The zero-order valence-corrected chi connectivity index (χ0v) is 14.4. The number of aromatic nitrogens is 2. The molecule has 0 atom stereocenters. The summed E-state index contributed by atoms with van der Waals surface area (Å²) in [7, 11) is 0. The van der Waals surface area contributed by atoms with Gasteiger partial charge in [-0.3, -0.25) is 14.6 Å². The van der Waals surface area contributed by atoms with Gasteiger partial charge < -0.3 is 10.6 Å². The number of hydrogen-bond donors (Lipinski definition) is 2. The van der Waals surface area contributed by atoms with E-state index in [9.17, 15) is 9.59 Å². The molecule has 0 radical (unpaired) electrons. The number of anilines is 1. The lowest BCUT2D eigenvalue weighted by Crippen LogP contribution is -2.25. The first-order chi connectivity index (χ1) is 11.7. The van der Waals surface area contributed by atoms with Crippen LogP contribution in [0, 0.1) is 5.92 Å². The molecule has 2 amide bonds. The summed E-state index contributed by atoms with van der Waals surface area (Å²) in [6.45, 7) is 2.68. The Morgan fingerprint density at radius 3 is 2.83 bits per heavy atom. The Labute approximate surface area is 144 Å². The summed E-state index contributed by atoms with van der Waals surface area (Å²) >= 11 is 1.09. The fourth-order valence-electron chi connectivity index (χ4n) is 2.27. The van der Waals surface area contributed by atoms with Crippen molar-refractivity contribution in [2.45, 2.75) is 32.6 Å². The Hall–Kier alpha value is -2.28. The van der Waals surface area contributed by atoms with Gasteiger partial charge in [0.15, 0.2) is 0 Å². The van der Waals surface area contributed by atoms with E-state index in [1.165, 1.54) is 0 Å². The quantitative estimate of drug-likeness (QED) is 0.756. The van der Waals surface area contributed by atoms with Gasteiger partial charge in [-0.15, -0.1) is 0 Å². The van der Waals surface area contributed by atoms with E-state index in [0.29, 0.717) is 28.5 Å². The summed E-state index contributed by atoms with van der Waals surface area (Å²) < 4.78 is 4.37. The van der Waals surface area contributed by atoms with Gasteiger partial charge in [-0.05, 0) is 42.9 Å². The maximum atomic E-state index is 12.4. The van der Waals surface area contributed by atoms with Crippen LogP contribution in [0.3, 0.4) is 0 Å². The molecule has 0 saturated heterocycles. The molecular formula is C17H20N4O2S. The maximum Gasteiger partial charge on any atom is 0.265 e. The van der Waals surface area contributed by atoms with Crippen molar-refractivity contribution < 1.29 is 9.59 Å². The second kappa shape index (κ2) is 7.53. The van der Waals surface area contributed by atoms with Crippen LogP contribution < -0.4 is 10.6 Å². The Kier molecular flexibility index (Phi) is 5.20. The second-order valence-corrected chi connectivity index (χ2v) is 6.60. The van der Waals surface area contributed by atoms with E-state index in [-0.39, 0.29) is 17.7 Å². The molecule has 1 saturated carbocycles. The fourth-order valence-corrected chi connectivity index (χ4v) is 3.03. The van der Waals surface area contributed by atoms with E-state index in [4.69, 9.17) is 0 Å². The molecule has 1 aliphatic carbocycles. The lowest BCUT2D eigenvalue weighted by molar-refractivity contribution is -0.117. The highest BCUT2D eigenvalue weighted by atomic mass is 32.1. The Balaban J connectivity index is 1.88. The standard InChI is InChI=1S/C17H20N4O2S/c1-2-3-9-19-17(23)15-14(20-16(22)11-7-8-11)13(21-24-15)12-6-4-5-10-18-12/h4-6,10-11H,2-3,7-9H2,1H3,(H,19,23)(H,20,22). The zero-order valence-electron chi connectivity index (χ0n) is 13.5. The molecule has 0 spiro atoms. The van der Waals surface area contributed by atoms with Gasteiger partial charge in [0.1, 0.15) is 10.6 Å². The Bertz CT molecular complexity index is 725. The van der Waals surface area contributed by atoms with Gasteiger partial charge in [0, 0.05) is 18.7 Å². The van der Waals surface area contributed by atoms with Gasteiger partial charge in [0.05, 0.1) is 11.4 Å². The largest absolute Gasteiger partial charge is 0.351 e. The highest BCUT2D eigenvalue weighted by Gasteiger charge is 2.32. The zero-order chi connectivity index (χ0) is 16.9. The van der Waals surface area contributed by atoms with Crippen LogP contribution in [0.25, 0.3) is 11.4 Å². The monoisotopic (exact) mass is 344 g/mol. The topological polar surface area (TPSA) is 84.0 Å². The minimum atomic E-state index is -0.200. The summed E-state index contributed by atoms with van der Waals surface area (Å²) in [5, 5.41) is 5.78. The lowest BCUT2D eigenvalue weighted by atomic mass is 10.2. The normalized spacial score (nSPS) is 13.5. The van der Waals surface area contributed by atoms with Crippen LogP contribution in [0.5, 0.6) is 0 Å². The number of nitrogens with one attached hydrogen (secondary N) is 2. The molecule has 1 fully saturated rings. The maximum absolute atomic E-state index is 12.4. The van der Waals surface area contributed by atoms with Crippen molar-refractivity contribution in [3.63, 3.8) is 0 Å². The van der Waals surface area contributed by atoms with E-state index in [0.717, 1.165) is 37.2 Å². The number of rotatable bonds is 7. The fraction of sp³-hybridized carbons (Fsp3) is 0.412. The first-order valence-electron chi connectivity index (χ1n) is 8.20. The van der Waals surface area contributed by atoms with Crippen molar-refractivity contribution in [3.05, 3.63) is 29.3 Å². The van der Waals surface area contributed by atoms with Gasteiger partial charge in [-0.1, -0.05) is 19.4 Å². The molecule has 0 aliphatic heterocycles. The Morgan fingerprint density at radius 2 is 2.17 bits per heavy atom. The molecule has 2 aromatic heterocycles. The minimum Gasteiger partial charge on any atom is -0.351 e. The molecular weight excluding hydrogens is 324 g/mol. The SMILES string of the molecule is CCCCNC(=O)c1snc(-c2ccccn2)c1NC(=O)C1CC1. The summed E-state index contributed by atoms with van der Waals surface area (Å²) in [4.78, 5) is 29.4.